The number of hydrogen-bond acceptors (Lipinski definition) is 3. The number of piperidine rings is 1. The summed E-state index contributed by atoms with van der Waals surface area (Å²) in [6, 6.07) is 1.75. The van der Waals surface area contributed by atoms with Crippen LogP contribution in [-0.2, 0) is 0 Å². The van der Waals surface area contributed by atoms with Crippen molar-refractivity contribution in [2.75, 3.05) is 19.7 Å². The van der Waals surface area contributed by atoms with Crippen LogP contribution in [0.2, 0.25) is 0 Å². The Morgan fingerprint density at radius 3 is 2.82 bits per heavy atom. The van der Waals surface area contributed by atoms with Crippen molar-refractivity contribution >= 4 is 0 Å². The van der Waals surface area contributed by atoms with Gasteiger partial charge in [0.25, 0.3) is 0 Å². The van der Waals surface area contributed by atoms with Crippen molar-refractivity contribution in [1.29, 1.82) is 0 Å². The second-order valence-electron chi connectivity index (χ2n) is 6.23. The molecule has 2 aliphatic heterocycles. The first-order valence-electron chi connectivity index (χ1n) is 7.30. The molecule has 2 N–H and O–H groups in total. The fourth-order valence-electron chi connectivity index (χ4n) is 3.47. The highest BCUT2D eigenvalue weighted by Gasteiger charge is 2.32. The summed E-state index contributed by atoms with van der Waals surface area (Å²) < 4.78 is 0. The topological polar surface area (TPSA) is 35.5 Å². The van der Waals surface area contributed by atoms with Gasteiger partial charge in [-0.2, -0.15) is 0 Å². The molecule has 2 heterocycles. The Morgan fingerprint density at radius 1 is 1.29 bits per heavy atom. The van der Waals surface area contributed by atoms with Gasteiger partial charge in [-0.05, 0) is 51.1 Å². The summed E-state index contributed by atoms with van der Waals surface area (Å²) in [6.07, 6.45) is 6.39. The van der Waals surface area contributed by atoms with Gasteiger partial charge < -0.3 is 15.3 Å². The molecule has 17 heavy (non-hydrogen) atoms. The van der Waals surface area contributed by atoms with Crippen molar-refractivity contribution in [3.63, 3.8) is 0 Å². The zero-order chi connectivity index (χ0) is 12.3. The summed E-state index contributed by atoms with van der Waals surface area (Å²) >= 11 is 0. The smallest absolute Gasteiger partial charge is 0.0584 e. The minimum atomic E-state index is 0.281. The van der Waals surface area contributed by atoms with Crippen LogP contribution >= 0.6 is 0 Å². The van der Waals surface area contributed by atoms with Gasteiger partial charge in [-0.1, -0.05) is 13.8 Å². The molecule has 0 amide bonds. The van der Waals surface area contributed by atoms with E-state index in [1.165, 1.54) is 38.8 Å². The number of rotatable bonds is 5. The maximum Gasteiger partial charge on any atom is 0.0584 e. The number of nitrogens with zero attached hydrogens (tertiary/aromatic N) is 1. The number of fused-ring (bicyclic) bond motifs is 1. The third-order valence-electron chi connectivity index (χ3n) is 4.27. The summed E-state index contributed by atoms with van der Waals surface area (Å²) in [6.45, 7) is 7.30. The molecule has 0 saturated carbocycles. The van der Waals surface area contributed by atoms with E-state index in [-0.39, 0.29) is 6.61 Å². The van der Waals surface area contributed by atoms with E-state index < -0.39 is 0 Å². The van der Waals surface area contributed by atoms with Gasteiger partial charge in [-0.25, -0.2) is 0 Å². The lowest BCUT2D eigenvalue weighted by molar-refractivity contribution is 0.142. The van der Waals surface area contributed by atoms with E-state index in [4.69, 9.17) is 0 Å². The van der Waals surface area contributed by atoms with E-state index in [0.29, 0.717) is 18.0 Å². The highest BCUT2D eigenvalue weighted by atomic mass is 16.3. The second kappa shape index (κ2) is 6.17. The molecule has 3 nitrogen and oxygen atoms in total. The summed E-state index contributed by atoms with van der Waals surface area (Å²) in [4.78, 5) is 2.65. The lowest BCUT2D eigenvalue weighted by atomic mass is 9.95. The Labute approximate surface area is 106 Å². The third kappa shape index (κ3) is 3.67. The maximum atomic E-state index is 9.42. The van der Waals surface area contributed by atoms with Crippen LogP contribution in [0.4, 0.5) is 0 Å². The quantitative estimate of drug-likeness (QED) is 0.766. The SMILES string of the molecule is CC(C)CC(CO)NC1CCN2CCCC2C1. The minimum Gasteiger partial charge on any atom is -0.395 e. The predicted octanol–water partition coefficient (Wildman–Crippen LogP) is 1.61. The van der Waals surface area contributed by atoms with Gasteiger partial charge in [-0.15, -0.1) is 0 Å². The molecule has 3 unspecified atom stereocenters. The molecular formula is C14H28N2O. The zero-order valence-corrected chi connectivity index (χ0v) is 11.4. The lowest BCUT2D eigenvalue weighted by Crippen LogP contribution is -2.49. The standard InChI is InChI=1S/C14H28N2O/c1-11(2)8-13(10-17)15-12-5-7-16-6-3-4-14(16)9-12/h11-15,17H,3-10H2,1-2H3. The van der Waals surface area contributed by atoms with E-state index in [2.05, 4.69) is 24.1 Å². The highest BCUT2D eigenvalue weighted by molar-refractivity contribution is 4.90. The Morgan fingerprint density at radius 2 is 2.12 bits per heavy atom. The molecule has 0 aromatic carbocycles. The van der Waals surface area contributed by atoms with Crippen LogP contribution in [0, 0.1) is 5.92 Å². The van der Waals surface area contributed by atoms with Crippen LogP contribution < -0.4 is 5.32 Å². The summed E-state index contributed by atoms with van der Waals surface area (Å²) in [5, 5.41) is 13.1. The summed E-state index contributed by atoms with van der Waals surface area (Å²) in [5.74, 6) is 0.659. The van der Waals surface area contributed by atoms with E-state index >= 15 is 0 Å². The van der Waals surface area contributed by atoms with E-state index in [1.807, 2.05) is 0 Å². The average Bonchev–Trinajstić information content (AvgIpc) is 2.74. The van der Waals surface area contributed by atoms with Crippen LogP contribution in [0.15, 0.2) is 0 Å². The Bertz CT molecular complexity index is 232. The first-order chi connectivity index (χ1) is 8.19. The number of nitrogens with one attached hydrogen (secondary N) is 1. The summed E-state index contributed by atoms with van der Waals surface area (Å²) in [7, 11) is 0. The molecule has 100 valence electrons. The molecule has 0 radical (unpaired) electrons. The number of aliphatic hydroxyl groups excluding tert-OH is 1. The van der Waals surface area contributed by atoms with Crippen LogP contribution in [0.25, 0.3) is 0 Å². The van der Waals surface area contributed by atoms with Gasteiger partial charge in [-0.3, -0.25) is 0 Å². The van der Waals surface area contributed by atoms with Crippen LogP contribution in [-0.4, -0.2) is 47.8 Å². The molecule has 2 fully saturated rings. The van der Waals surface area contributed by atoms with Gasteiger partial charge in [0, 0.05) is 18.1 Å². The molecule has 3 heteroatoms. The van der Waals surface area contributed by atoms with Crippen LogP contribution in [0.3, 0.4) is 0 Å². The predicted molar refractivity (Wildman–Crippen MR) is 71.1 cm³/mol. The molecule has 0 aromatic heterocycles. The van der Waals surface area contributed by atoms with Gasteiger partial charge in [0.15, 0.2) is 0 Å². The van der Waals surface area contributed by atoms with Gasteiger partial charge in [0.05, 0.1) is 6.61 Å². The molecule has 2 rings (SSSR count). The largest absolute Gasteiger partial charge is 0.395 e. The van der Waals surface area contributed by atoms with Gasteiger partial charge >= 0.3 is 0 Å². The molecule has 0 aliphatic carbocycles. The van der Waals surface area contributed by atoms with Gasteiger partial charge in [0.2, 0.25) is 0 Å². The van der Waals surface area contributed by atoms with E-state index in [9.17, 15) is 5.11 Å². The van der Waals surface area contributed by atoms with Crippen molar-refractivity contribution in [3.05, 3.63) is 0 Å². The fraction of sp³-hybridized carbons (Fsp3) is 1.00. The molecule has 0 aromatic rings. The Hall–Kier alpha value is -0.120. The average molecular weight is 240 g/mol. The monoisotopic (exact) mass is 240 g/mol. The third-order valence-corrected chi connectivity index (χ3v) is 4.27. The molecule has 2 aliphatic rings. The summed E-state index contributed by atoms with van der Waals surface area (Å²) in [5.41, 5.74) is 0. The van der Waals surface area contributed by atoms with E-state index in [1.54, 1.807) is 0 Å². The maximum absolute atomic E-state index is 9.42. The number of hydrogen-bond donors (Lipinski definition) is 2. The zero-order valence-electron chi connectivity index (χ0n) is 11.4. The van der Waals surface area contributed by atoms with Crippen LogP contribution in [0.1, 0.15) is 46.0 Å². The highest BCUT2D eigenvalue weighted by Crippen LogP contribution is 2.27. The van der Waals surface area contributed by atoms with Crippen molar-refractivity contribution < 1.29 is 5.11 Å². The van der Waals surface area contributed by atoms with Crippen molar-refractivity contribution in [3.8, 4) is 0 Å². The van der Waals surface area contributed by atoms with E-state index in [0.717, 1.165) is 12.5 Å². The molecule has 3 atom stereocenters. The first kappa shape index (κ1) is 13.3. The van der Waals surface area contributed by atoms with Gasteiger partial charge in [0.1, 0.15) is 0 Å². The van der Waals surface area contributed by atoms with Crippen LogP contribution in [0.5, 0.6) is 0 Å². The lowest BCUT2D eigenvalue weighted by Gasteiger charge is -2.37. The molecule has 0 spiro atoms. The molecule has 0 bridgehead atoms. The second-order valence-corrected chi connectivity index (χ2v) is 6.23. The Kier molecular flexibility index (Phi) is 4.83. The minimum absolute atomic E-state index is 0.281. The fourth-order valence-corrected chi connectivity index (χ4v) is 3.47. The van der Waals surface area contributed by atoms with Crippen molar-refractivity contribution in [2.24, 2.45) is 5.92 Å². The normalized spacial score (nSPS) is 31.8. The number of aliphatic hydroxyl groups is 1. The van der Waals surface area contributed by atoms with Crippen molar-refractivity contribution in [2.45, 2.75) is 64.1 Å². The first-order valence-corrected chi connectivity index (χ1v) is 7.30. The van der Waals surface area contributed by atoms with Crippen molar-refractivity contribution in [1.82, 2.24) is 10.2 Å². The Balaban J connectivity index is 1.78. The molecule has 2 saturated heterocycles. The molecular weight excluding hydrogens is 212 g/mol.